The van der Waals surface area contributed by atoms with E-state index in [0.717, 1.165) is 20.8 Å². The summed E-state index contributed by atoms with van der Waals surface area (Å²) in [4.78, 5) is 8.00. The molecule has 0 radical (unpaired) electrons. The van der Waals surface area contributed by atoms with E-state index in [-0.39, 0.29) is 6.61 Å². The van der Waals surface area contributed by atoms with Crippen molar-refractivity contribution >= 4 is 34.4 Å². The lowest BCUT2D eigenvalue weighted by atomic mass is 10.5. The number of nitrogens with zero attached hydrogens (tertiary/aromatic N) is 2. The number of rotatable bonds is 4. The van der Waals surface area contributed by atoms with Crippen LogP contribution in [0, 0.1) is 3.57 Å². The third kappa shape index (κ3) is 3.24. The van der Waals surface area contributed by atoms with E-state index in [2.05, 4.69) is 32.6 Å². The van der Waals surface area contributed by atoms with Gasteiger partial charge in [-0.2, -0.15) is 0 Å². The van der Waals surface area contributed by atoms with Crippen molar-refractivity contribution in [2.45, 2.75) is 11.4 Å². The normalized spacial score (nSPS) is 10.2. The predicted octanol–water partition coefficient (Wildman–Crippen LogP) is 1.56. The molecular weight excluding hydrogens is 287 g/mol. The molecule has 1 aromatic heterocycles. The van der Waals surface area contributed by atoms with E-state index in [1.807, 2.05) is 0 Å². The lowest BCUT2D eigenvalue weighted by molar-refractivity contribution is 0.296. The summed E-state index contributed by atoms with van der Waals surface area (Å²) in [5, 5.41) is 9.56. The van der Waals surface area contributed by atoms with Gasteiger partial charge in [0.05, 0.1) is 3.57 Å². The standard InChI is InChI=1S/C7H9IN2OS/c8-6-4-9-5-10-7(6)12-3-1-2-11/h4-5,11H,1-3H2. The highest BCUT2D eigenvalue weighted by molar-refractivity contribution is 14.1. The minimum atomic E-state index is 0.245. The van der Waals surface area contributed by atoms with E-state index in [4.69, 9.17) is 5.11 Å². The van der Waals surface area contributed by atoms with Crippen molar-refractivity contribution in [3.63, 3.8) is 0 Å². The highest BCUT2D eigenvalue weighted by atomic mass is 127. The van der Waals surface area contributed by atoms with Gasteiger partial charge in [-0.15, -0.1) is 11.8 Å². The fourth-order valence-corrected chi connectivity index (χ4v) is 2.19. The molecule has 0 aliphatic heterocycles. The van der Waals surface area contributed by atoms with Gasteiger partial charge in [0.25, 0.3) is 0 Å². The second-order valence-corrected chi connectivity index (χ2v) is 4.35. The summed E-state index contributed by atoms with van der Waals surface area (Å²) >= 11 is 3.86. The summed E-state index contributed by atoms with van der Waals surface area (Å²) in [6.07, 6.45) is 4.14. The van der Waals surface area contributed by atoms with Gasteiger partial charge in [-0.3, -0.25) is 0 Å². The molecule has 0 amide bonds. The van der Waals surface area contributed by atoms with Gasteiger partial charge < -0.3 is 5.11 Å². The summed E-state index contributed by atoms with van der Waals surface area (Å²) in [5.74, 6) is 0.906. The maximum Gasteiger partial charge on any atom is 0.116 e. The van der Waals surface area contributed by atoms with Crippen LogP contribution in [0.1, 0.15) is 6.42 Å². The van der Waals surface area contributed by atoms with Crippen LogP contribution in [0.15, 0.2) is 17.6 Å². The molecule has 1 N–H and O–H groups in total. The molecule has 0 aliphatic rings. The average Bonchev–Trinajstić information content (AvgIpc) is 2.09. The van der Waals surface area contributed by atoms with Gasteiger partial charge in [-0.05, 0) is 29.0 Å². The van der Waals surface area contributed by atoms with E-state index >= 15 is 0 Å². The van der Waals surface area contributed by atoms with Gasteiger partial charge in [-0.1, -0.05) is 0 Å². The molecule has 0 saturated heterocycles. The number of hydrogen-bond donors (Lipinski definition) is 1. The Morgan fingerprint density at radius 2 is 2.42 bits per heavy atom. The van der Waals surface area contributed by atoms with Gasteiger partial charge in [0.1, 0.15) is 11.4 Å². The molecular formula is C7H9IN2OS. The van der Waals surface area contributed by atoms with Crippen LogP contribution in [-0.4, -0.2) is 27.4 Å². The van der Waals surface area contributed by atoms with Crippen LogP contribution in [-0.2, 0) is 0 Å². The molecule has 0 aliphatic carbocycles. The predicted molar refractivity (Wildman–Crippen MR) is 57.2 cm³/mol. The number of thioether (sulfide) groups is 1. The molecule has 0 saturated carbocycles. The Labute approximate surface area is 89.1 Å². The van der Waals surface area contributed by atoms with Crippen LogP contribution in [0.5, 0.6) is 0 Å². The monoisotopic (exact) mass is 296 g/mol. The largest absolute Gasteiger partial charge is 0.396 e. The first-order chi connectivity index (χ1) is 5.84. The molecule has 0 aromatic carbocycles. The molecule has 66 valence electrons. The van der Waals surface area contributed by atoms with Crippen molar-refractivity contribution in [3.05, 3.63) is 16.1 Å². The Balaban J connectivity index is 2.46. The van der Waals surface area contributed by atoms with E-state index in [1.165, 1.54) is 0 Å². The lowest BCUT2D eigenvalue weighted by Crippen LogP contribution is -1.90. The molecule has 0 atom stereocenters. The summed E-state index contributed by atoms with van der Waals surface area (Å²) in [7, 11) is 0. The Bertz CT molecular complexity index is 247. The Kier molecular flexibility index (Phi) is 4.86. The molecule has 0 spiro atoms. The minimum absolute atomic E-state index is 0.245. The fourth-order valence-electron chi connectivity index (χ4n) is 0.641. The van der Waals surface area contributed by atoms with Crippen molar-refractivity contribution in [1.29, 1.82) is 0 Å². The first-order valence-electron chi connectivity index (χ1n) is 3.53. The summed E-state index contributed by atoms with van der Waals surface area (Å²) in [5.41, 5.74) is 0. The molecule has 1 heterocycles. The van der Waals surface area contributed by atoms with Crippen molar-refractivity contribution in [2.75, 3.05) is 12.4 Å². The third-order valence-corrected chi connectivity index (χ3v) is 3.42. The van der Waals surface area contributed by atoms with Gasteiger partial charge in [0, 0.05) is 18.6 Å². The molecule has 0 unspecified atom stereocenters. The van der Waals surface area contributed by atoms with E-state index in [0.29, 0.717) is 0 Å². The molecule has 3 nitrogen and oxygen atoms in total. The number of aliphatic hydroxyl groups excluding tert-OH is 1. The minimum Gasteiger partial charge on any atom is -0.396 e. The van der Waals surface area contributed by atoms with Gasteiger partial charge in [0.15, 0.2) is 0 Å². The zero-order valence-corrected chi connectivity index (χ0v) is 9.38. The van der Waals surface area contributed by atoms with Gasteiger partial charge in [-0.25, -0.2) is 9.97 Å². The smallest absolute Gasteiger partial charge is 0.116 e. The van der Waals surface area contributed by atoms with Crippen molar-refractivity contribution in [1.82, 2.24) is 9.97 Å². The molecule has 0 bridgehead atoms. The number of aromatic nitrogens is 2. The van der Waals surface area contributed by atoms with Crippen molar-refractivity contribution in [3.8, 4) is 0 Å². The second kappa shape index (κ2) is 5.71. The van der Waals surface area contributed by atoms with E-state index in [9.17, 15) is 0 Å². The van der Waals surface area contributed by atoms with Gasteiger partial charge >= 0.3 is 0 Å². The zero-order valence-electron chi connectivity index (χ0n) is 6.40. The van der Waals surface area contributed by atoms with Crippen LogP contribution in [0.3, 0.4) is 0 Å². The van der Waals surface area contributed by atoms with Crippen LogP contribution in [0.25, 0.3) is 0 Å². The summed E-state index contributed by atoms with van der Waals surface area (Å²) < 4.78 is 1.07. The third-order valence-electron chi connectivity index (χ3n) is 1.18. The Hall–Kier alpha value is 0.120. The van der Waals surface area contributed by atoms with Crippen LogP contribution in [0.2, 0.25) is 0 Å². The van der Waals surface area contributed by atoms with Crippen LogP contribution >= 0.6 is 34.4 Å². The topological polar surface area (TPSA) is 46.0 Å². The molecule has 0 fully saturated rings. The maximum atomic E-state index is 8.57. The Morgan fingerprint density at radius 1 is 1.58 bits per heavy atom. The van der Waals surface area contributed by atoms with E-state index < -0.39 is 0 Å². The first-order valence-corrected chi connectivity index (χ1v) is 5.60. The van der Waals surface area contributed by atoms with Crippen molar-refractivity contribution in [2.24, 2.45) is 0 Å². The Morgan fingerprint density at radius 3 is 3.08 bits per heavy atom. The van der Waals surface area contributed by atoms with Crippen LogP contribution in [0.4, 0.5) is 0 Å². The van der Waals surface area contributed by atoms with Crippen molar-refractivity contribution < 1.29 is 5.11 Å². The molecule has 1 aromatic rings. The first kappa shape index (κ1) is 10.2. The van der Waals surface area contributed by atoms with Crippen LogP contribution < -0.4 is 0 Å². The number of hydrogen-bond acceptors (Lipinski definition) is 4. The second-order valence-electron chi connectivity index (χ2n) is 2.10. The number of halogens is 1. The molecule has 12 heavy (non-hydrogen) atoms. The summed E-state index contributed by atoms with van der Waals surface area (Å²) in [6, 6.07) is 0. The quantitative estimate of drug-likeness (QED) is 0.396. The average molecular weight is 296 g/mol. The molecule has 5 heteroatoms. The zero-order chi connectivity index (χ0) is 8.81. The van der Waals surface area contributed by atoms with Gasteiger partial charge in [0.2, 0.25) is 0 Å². The number of aliphatic hydroxyl groups is 1. The lowest BCUT2D eigenvalue weighted by Gasteiger charge is -1.99. The molecule has 1 rings (SSSR count). The fraction of sp³-hybridized carbons (Fsp3) is 0.429. The SMILES string of the molecule is OCCCSc1ncncc1I. The maximum absolute atomic E-state index is 8.57. The van der Waals surface area contributed by atoms with E-state index in [1.54, 1.807) is 24.3 Å². The highest BCUT2D eigenvalue weighted by Gasteiger charge is 1.99. The highest BCUT2D eigenvalue weighted by Crippen LogP contribution is 2.20. The summed E-state index contributed by atoms with van der Waals surface area (Å²) in [6.45, 7) is 0.245.